The molecule has 2 aliphatic heterocycles. The smallest absolute Gasteiger partial charge is 0.407 e. The van der Waals surface area contributed by atoms with Crippen molar-refractivity contribution in [3.8, 4) is 0 Å². The molecule has 0 aliphatic carbocycles. The molecular weight excluding hydrogens is 280 g/mol. The molecule has 0 radical (unpaired) electrons. The second kappa shape index (κ2) is 5.37. The molecule has 1 saturated heterocycles. The van der Waals surface area contributed by atoms with Crippen LogP contribution >= 0.6 is 11.3 Å². The normalized spacial score (nSPS) is 21.6. The van der Waals surface area contributed by atoms with Crippen LogP contribution in [0.2, 0.25) is 0 Å². The zero-order valence-corrected chi connectivity index (χ0v) is 11.7. The first-order valence-electron chi connectivity index (χ1n) is 6.61. The number of carbonyl (C=O) groups excluding carboxylic acids is 1. The maximum absolute atomic E-state index is 12.1. The van der Waals surface area contributed by atoms with Gasteiger partial charge in [-0.3, -0.25) is 4.79 Å². The van der Waals surface area contributed by atoms with Crippen molar-refractivity contribution in [2.75, 3.05) is 25.0 Å². The van der Waals surface area contributed by atoms with Gasteiger partial charge in [-0.25, -0.2) is 9.78 Å². The van der Waals surface area contributed by atoms with E-state index in [0.717, 1.165) is 25.2 Å². The number of aromatic nitrogens is 1. The standard InChI is InChI=1S/C12H16N4O3S/c17-10(7-2-4-16(6-7)12(18)19)15-11-14-8-1-3-13-5-9(8)20-11/h7,13H,1-6H2,(H,18,19)(H,14,15,17). The van der Waals surface area contributed by atoms with Crippen molar-refractivity contribution < 1.29 is 14.7 Å². The highest BCUT2D eigenvalue weighted by molar-refractivity contribution is 7.15. The van der Waals surface area contributed by atoms with Gasteiger partial charge < -0.3 is 20.6 Å². The van der Waals surface area contributed by atoms with E-state index in [4.69, 9.17) is 5.11 Å². The molecule has 2 aliphatic rings. The number of carbonyl (C=O) groups is 2. The largest absolute Gasteiger partial charge is 0.465 e. The average Bonchev–Trinajstić information content (AvgIpc) is 3.04. The molecule has 1 atom stereocenters. The van der Waals surface area contributed by atoms with Crippen LogP contribution in [0.4, 0.5) is 9.93 Å². The maximum atomic E-state index is 12.1. The average molecular weight is 296 g/mol. The highest BCUT2D eigenvalue weighted by Gasteiger charge is 2.31. The lowest BCUT2D eigenvalue weighted by Crippen LogP contribution is -2.30. The second-order valence-electron chi connectivity index (χ2n) is 5.02. The van der Waals surface area contributed by atoms with Gasteiger partial charge in [-0.1, -0.05) is 0 Å². The van der Waals surface area contributed by atoms with Gasteiger partial charge in [-0.05, 0) is 6.42 Å². The minimum absolute atomic E-state index is 0.132. The number of rotatable bonds is 2. The molecular formula is C12H16N4O3S. The fourth-order valence-electron chi connectivity index (χ4n) is 2.53. The SMILES string of the molecule is O=C(Nc1nc2c(s1)CNCC2)C1CCN(C(=O)O)C1. The van der Waals surface area contributed by atoms with Gasteiger partial charge in [0.15, 0.2) is 5.13 Å². The van der Waals surface area contributed by atoms with Gasteiger partial charge in [0.05, 0.1) is 11.6 Å². The first-order valence-corrected chi connectivity index (χ1v) is 7.43. The van der Waals surface area contributed by atoms with Crippen LogP contribution in [0.3, 0.4) is 0 Å². The summed E-state index contributed by atoms with van der Waals surface area (Å²) in [6.07, 6.45) is 0.499. The molecule has 1 aromatic heterocycles. The van der Waals surface area contributed by atoms with Crippen molar-refractivity contribution in [1.82, 2.24) is 15.2 Å². The van der Waals surface area contributed by atoms with Gasteiger partial charge in [0.1, 0.15) is 0 Å². The Balaban J connectivity index is 1.62. The number of hydrogen-bond donors (Lipinski definition) is 3. The number of thiazole rings is 1. The number of nitrogens with one attached hydrogen (secondary N) is 2. The second-order valence-corrected chi connectivity index (χ2v) is 6.10. The van der Waals surface area contributed by atoms with Crippen LogP contribution < -0.4 is 10.6 Å². The Labute approximate surface area is 120 Å². The molecule has 1 fully saturated rings. The zero-order chi connectivity index (χ0) is 14.1. The molecule has 20 heavy (non-hydrogen) atoms. The van der Waals surface area contributed by atoms with E-state index >= 15 is 0 Å². The van der Waals surface area contributed by atoms with E-state index in [1.54, 1.807) is 0 Å². The van der Waals surface area contributed by atoms with Crippen LogP contribution in [0.15, 0.2) is 0 Å². The van der Waals surface area contributed by atoms with E-state index in [0.29, 0.717) is 18.1 Å². The molecule has 2 amide bonds. The van der Waals surface area contributed by atoms with Gasteiger partial charge in [0.2, 0.25) is 5.91 Å². The molecule has 0 spiro atoms. The molecule has 108 valence electrons. The Morgan fingerprint density at radius 2 is 2.35 bits per heavy atom. The van der Waals surface area contributed by atoms with Gasteiger partial charge in [-0.2, -0.15) is 0 Å². The van der Waals surface area contributed by atoms with Crippen LogP contribution in [0, 0.1) is 5.92 Å². The molecule has 3 heterocycles. The lowest BCUT2D eigenvalue weighted by molar-refractivity contribution is -0.119. The summed E-state index contributed by atoms with van der Waals surface area (Å²) in [7, 11) is 0. The highest BCUT2D eigenvalue weighted by atomic mass is 32.1. The third-order valence-corrected chi connectivity index (χ3v) is 4.68. The van der Waals surface area contributed by atoms with Gasteiger partial charge >= 0.3 is 6.09 Å². The van der Waals surface area contributed by atoms with Crippen LogP contribution in [-0.4, -0.2) is 46.6 Å². The molecule has 0 bridgehead atoms. The topological polar surface area (TPSA) is 94.6 Å². The van der Waals surface area contributed by atoms with Crippen LogP contribution in [0.5, 0.6) is 0 Å². The number of amides is 2. The Morgan fingerprint density at radius 3 is 3.05 bits per heavy atom. The molecule has 8 heteroatoms. The quantitative estimate of drug-likeness (QED) is 0.748. The Morgan fingerprint density at radius 1 is 1.50 bits per heavy atom. The van der Waals surface area contributed by atoms with Crippen LogP contribution in [-0.2, 0) is 17.8 Å². The number of nitrogens with zero attached hydrogens (tertiary/aromatic N) is 2. The highest BCUT2D eigenvalue weighted by Crippen LogP contribution is 2.26. The molecule has 0 saturated carbocycles. The first kappa shape index (κ1) is 13.3. The lowest BCUT2D eigenvalue weighted by atomic mass is 10.1. The third kappa shape index (κ3) is 2.61. The minimum atomic E-state index is -0.962. The van der Waals surface area contributed by atoms with E-state index in [1.807, 2.05) is 0 Å². The zero-order valence-electron chi connectivity index (χ0n) is 10.9. The number of fused-ring (bicyclic) bond motifs is 1. The fourth-order valence-corrected chi connectivity index (χ4v) is 3.52. The van der Waals surface area contributed by atoms with Gasteiger partial charge in [-0.15, -0.1) is 11.3 Å². The third-order valence-electron chi connectivity index (χ3n) is 3.66. The van der Waals surface area contributed by atoms with Crippen molar-refractivity contribution in [3.63, 3.8) is 0 Å². The van der Waals surface area contributed by atoms with Gasteiger partial charge in [0, 0.05) is 37.5 Å². The van der Waals surface area contributed by atoms with Crippen molar-refractivity contribution in [2.24, 2.45) is 5.92 Å². The Hall–Kier alpha value is -1.67. The van der Waals surface area contributed by atoms with Crippen molar-refractivity contribution >= 4 is 28.5 Å². The summed E-state index contributed by atoms with van der Waals surface area (Å²) in [6, 6.07) is 0. The predicted molar refractivity (Wildman–Crippen MR) is 73.9 cm³/mol. The Kier molecular flexibility index (Phi) is 3.58. The first-order chi connectivity index (χ1) is 9.63. The van der Waals surface area contributed by atoms with E-state index in [2.05, 4.69) is 15.6 Å². The fraction of sp³-hybridized carbons (Fsp3) is 0.583. The molecule has 3 N–H and O–H groups in total. The van der Waals surface area contributed by atoms with Gasteiger partial charge in [0.25, 0.3) is 0 Å². The summed E-state index contributed by atoms with van der Waals surface area (Å²) in [5.74, 6) is -0.405. The van der Waals surface area contributed by atoms with Crippen molar-refractivity contribution in [3.05, 3.63) is 10.6 Å². The summed E-state index contributed by atoms with van der Waals surface area (Å²) in [5, 5.41) is 15.6. The maximum Gasteiger partial charge on any atom is 0.407 e. The van der Waals surface area contributed by atoms with E-state index in [-0.39, 0.29) is 18.4 Å². The van der Waals surface area contributed by atoms with Crippen molar-refractivity contribution in [1.29, 1.82) is 0 Å². The summed E-state index contributed by atoms with van der Waals surface area (Å²) < 4.78 is 0. The van der Waals surface area contributed by atoms with Crippen LogP contribution in [0.25, 0.3) is 0 Å². The number of anilines is 1. The summed E-state index contributed by atoms with van der Waals surface area (Å²) in [6.45, 7) is 2.42. The minimum Gasteiger partial charge on any atom is -0.465 e. The molecule has 1 aromatic rings. The molecule has 1 unspecified atom stereocenters. The molecule has 0 aromatic carbocycles. The van der Waals surface area contributed by atoms with E-state index in [1.165, 1.54) is 21.1 Å². The number of carboxylic acid groups (broad SMARTS) is 1. The van der Waals surface area contributed by atoms with E-state index in [9.17, 15) is 9.59 Å². The molecule has 3 rings (SSSR count). The van der Waals surface area contributed by atoms with Crippen LogP contribution in [0.1, 0.15) is 17.0 Å². The summed E-state index contributed by atoms with van der Waals surface area (Å²) >= 11 is 1.49. The lowest BCUT2D eigenvalue weighted by Gasteiger charge is -2.11. The number of likely N-dealkylation sites (tertiary alicyclic amines) is 1. The Bertz CT molecular complexity index is 521. The van der Waals surface area contributed by atoms with E-state index < -0.39 is 6.09 Å². The molecule has 7 nitrogen and oxygen atoms in total. The summed E-state index contributed by atoms with van der Waals surface area (Å²) in [4.78, 5) is 29.8. The summed E-state index contributed by atoms with van der Waals surface area (Å²) in [5.41, 5.74) is 1.06. The monoisotopic (exact) mass is 296 g/mol. The van der Waals surface area contributed by atoms with Crippen molar-refractivity contribution in [2.45, 2.75) is 19.4 Å². The predicted octanol–water partition coefficient (Wildman–Crippen LogP) is 0.727. The number of hydrogen-bond acceptors (Lipinski definition) is 5.